The molecule has 1 saturated heterocycles. The van der Waals surface area contributed by atoms with Crippen molar-refractivity contribution >= 4 is 45.7 Å². The van der Waals surface area contributed by atoms with E-state index in [0.717, 1.165) is 13.8 Å². The molecule has 2 N–H and O–H groups in total. The molecule has 0 aliphatic carbocycles. The number of nitrogens with one attached hydrogen (secondary N) is 2. The summed E-state index contributed by atoms with van der Waals surface area (Å²) in [6.07, 6.45) is -3.14. The van der Waals surface area contributed by atoms with Crippen molar-refractivity contribution in [3.05, 3.63) is 11.9 Å². The van der Waals surface area contributed by atoms with Crippen LogP contribution in [0.5, 0.6) is 0 Å². The molecule has 1 aromatic heterocycles. The number of hydrogen-bond acceptors (Lipinski definition) is 11. The maximum absolute atomic E-state index is 12.0. The molecule has 188 valence electrons. The molecule has 14 nitrogen and oxygen atoms in total. The molecule has 0 spiro atoms. The molecule has 2 amide bonds. The van der Waals surface area contributed by atoms with E-state index in [1.54, 1.807) is 0 Å². The number of ether oxygens (including phenoxy) is 4. The third kappa shape index (κ3) is 7.76. The zero-order chi connectivity index (χ0) is 25.4. The lowest BCUT2D eigenvalue weighted by atomic mass is 9.95. The highest BCUT2D eigenvalue weighted by molar-refractivity contribution is 9.09. The SMILES string of the molecule is CC(=O)NC1[C@@H](OC(C)=O)[C@@H](OC(C)=O)C(COC(C)=O)O[C@H]1n1cc(CNC(=O)CBr)nn1. The fourth-order valence-corrected chi connectivity index (χ4v) is 3.49. The maximum Gasteiger partial charge on any atom is 0.303 e. The molecular formula is C19H26BrN5O9. The average Bonchev–Trinajstić information content (AvgIpc) is 3.21. The standard InChI is InChI=1S/C19H26BrN5O9/c1-9(26)22-16-18(33-12(4)29)17(32-11(3)28)14(8-31-10(2)27)34-19(16)25-7-13(23-24-25)6-21-15(30)5-20/h7,14,16-19H,5-6,8H2,1-4H3,(H,21,30)(H,22,26)/t14?,16?,17-,18+,19+/m0/s1. The van der Waals surface area contributed by atoms with Crippen LogP contribution in [-0.2, 0) is 49.5 Å². The van der Waals surface area contributed by atoms with Crippen molar-refractivity contribution in [3.8, 4) is 0 Å². The van der Waals surface area contributed by atoms with Gasteiger partial charge in [-0.15, -0.1) is 5.10 Å². The quantitative estimate of drug-likeness (QED) is 0.223. The first-order valence-corrected chi connectivity index (χ1v) is 11.3. The second-order valence-corrected chi connectivity index (χ2v) is 7.90. The van der Waals surface area contributed by atoms with Gasteiger partial charge in [0.25, 0.3) is 0 Å². The van der Waals surface area contributed by atoms with Gasteiger partial charge in [-0.05, 0) is 0 Å². The first-order chi connectivity index (χ1) is 16.0. The van der Waals surface area contributed by atoms with Crippen LogP contribution in [0.1, 0.15) is 39.6 Å². The van der Waals surface area contributed by atoms with Crippen molar-refractivity contribution in [2.75, 3.05) is 11.9 Å². The van der Waals surface area contributed by atoms with Gasteiger partial charge in [-0.2, -0.15) is 0 Å². The molecule has 2 heterocycles. The van der Waals surface area contributed by atoms with E-state index >= 15 is 0 Å². The molecule has 5 atom stereocenters. The Kier molecular flexibility index (Phi) is 9.92. The molecular weight excluding hydrogens is 522 g/mol. The van der Waals surface area contributed by atoms with Crippen LogP contribution in [0.2, 0.25) is 0 Å². The van der Waals surface area contributed by atoms with E-state index < -0.39 is 54.4 Å². The smallest absolute Gasteiger partial charge is 0.303 e. The summed E-state index contributed by atoms with van der Waals surface area (Å²) in [5, 5.41) is 13.3. The van der Waals surface area contributed by atoms with Gasteiger partial charge in [0.05, 0.1) is 18.1 Å². The number of nitrogens with zero attached hydrogens (tertiary/aromatic N) is 3. The third-order valence-electron chi connectivity index (χ3n) is 4.50. The molecule has 1 aliphatic heterocycles. The number of aromatic nitrogens is 3. The van der Waals surface area contributed by atoms with Gasteiger partial charge in [0.1, 0.15) is 24.4 Å². The van der Waals surface area contributed by atoms with Gasteiger partial charge in [-0.25, -0.2) is 4.68 Å². The van der Waals surface area contributed by atoms with E-state index in [9.17, 15) is 24.0 Å². The van der Waals surface area contributed by atoms with Crippen LogP contribution in [0.25, 0.3) is 0 Å². The summed E-state index contributed by atoms with van der Waals surface area (Å²) in [6, 6.07) is -1.06. The fourth-order valence-electron chi connectivity index (χ4n) is 3.29. The highest BCUT2D eigenvalue weighted by Gasteiger charge is 2.51. The molecule has 0 radical (unpaired) electrons. The van der Waals surface area contributed by atoms with Crippen LogP contribution in [0, 0.1) is 0 Å². The Morgan fingerprint density at radius 2 is 1.71 bits per heavy atom. The minimum atomic E-state index is -1.22. The molecule has 0 saturated carbocycles. The number of carbonyl (C=O) groups excluding carboxylic acids is 5. The summed E-state index contributed by atoms with van der Waals surface area (Å²) in [5.74, 6) is -2.77. The number of carbonyl (C=O) groups is 5. The topological polar surface area (TPSA) is 177 Å². The number of alkyl halides is 1. The molecule has 0 aromatic carbocycles. The van der Waals surface area contributed by atoms with Crippen LogP contribution in [0.15, 0.2) is 6.20 Å². The van der Waals surface area contributed by atoms with Crippen LogP contribution >= 0.6 is 15.9 Å². The zero-order valence-electron chi connectivity index (χ0n) is 19.0. The lowest BCUT2D eigenvalue weighted by Gasteiger charge is -2.45. The predicted octanol–water partition coefficient (Wildman–Crippen LogP) is -0.882. The average molecular weight is 548 g/mol. The molecule has 15 heteroatoms. The van der Waals surface area contributed by atoms with Crippen molar-refractivity contribution in [3.63, 3.8) is 0 Å². The van der Waals surface area contributed by atoms with Gasteiger partial charge in [0.15, 0.2) is 18.4 Å². The largest absolute Gasteiger partial charge is 0.463 e. The Balaban J connectivity index is 2.44. The summed E-state index contributed by atoms with van der Waals surface area (Å²) in [4.78, 5) is 58.5. The monoisotopic (exact) mass is 547 g/mol. The van der Waals surface area contributed by atoms with Crippen molar-refractivity contribution in [2.24, 2.45) is 0 Å². The minimum absolute atomic E-state index is 0.0717. The maximum atomic E-state index is 12.0. The van der Waals surface area contributed by atoms with Crippen LogP contribution in [0.4, 0.5) is 0 Å². The lowest BCUT2D eigenvalue weighted by Crippen LogP contribution is -2.64. The molecule has 2 unspecified atom stereocenters. The van der Waals surface area contributed by atoms with Crippen LogP contribution in [-0.4, -0.2) is 81.0 Å². The van der Waals surface area contributed by atoms with Gasteiger partial charge in [0, 0.05) is 27.7 Å². The van der Waals surface area contributed by atoms with E-state index in [-0.39, 0.29) is 24.4 Å². The van der Waals surface area contributed by atoms with Crippen molar-refractivity contribution in [1.82, 2.24) is 25.6 Å². The summed E-state index contributed by atoms with van der Waals surface area (Å²) in [6.45, 7) is 4.48. The molecule has 1 fully saturated rings. The van der Waals surface area contributed by atoms with E-state index in [2.05, 4.69) is 36.9 Å². The Labute approximate surface area is 203 Å². The first kappa shape index (κ1) is 27.2. The molecule has 34 heavy (non-hydrogen) atoms. The highest BCUT2D eigenvalue weighted by Crippen LogP contribution is 2.32. The van der Waals surface area contributed by atoms with Crippen LogP contribution < -0.4 is 10.6 Å². The fraction of sp³-hybridized carbons (Fsp3) is 0.632. The lowest BCUT2D eigenvalue weighted by molar-refractivity contribution is -0.239. The second kappa shape index (κ2) is 12.4. The Morgan fingerprint density at radius 1 is 1.06 bits per heavy atom. The highest BCUT2D eigenvalue weighted by atomic mass is 79.9. The molecule has 1 aromatic rings. The number of esters is 3. The minimum Gasteiger partial charge on any atom is -0.463 e. The normalized spacial score (nSPS) is 24.0. The summed E-state index contributed by atoms with van der Waals surface area (Å²) in [5.41, 5.74) is 0.377. The van der Waals surface area contributed by atoms with E-state index in [0.29, 0.717) is 5.69 Å². The van der Waals surface area contributed by atoms with Gasteiger partial charge < -0.3 is 29.6 Å². The molecule has 0 bridgehead atoms. The predicted molar refractivity (Wildman–Crippen MR) is 115 cm³/mol. The Bertz CT molecular complexity index is 924. The van der Waals surface area contributed by atoms with E-state index in [1.165, 1.54) is 24.7 Å². The van der Waals surface area contributed by atoms with Crippen molar-refractivity contribution < 1.29 is 42.9 Å². The van der Waals surface area contributed by atoms with Crippen LogP contribution in [0.3, 0.4) is 0 Å². The van der Waals surface area contributed by atoms with Gasteiger partial charge in [-0.1, -0.05) is 21.1 Å². The molecule has 1 aliphatic rings. The van der Waals surface area contributed by atoms with E-state index in [4.69, 9.17) is 18.9 Å². The molecule has 2 rings (SSSR count). The summed E-state index contributed by atoms with van der Waals surface area (Å²) < 4.78 is 23.1. The number of rotatable bonds is 9. The second-order valence-electron chi connectivity index (χ2n) is 7.34. The van der Waals surface area contributed by atoms with Gasteiger partial charge in [-0.3, -0.25) is 24.0 Å². The Hall–Kier alpha value is -3.07. The number of amides is 2. The number of hydrogen-bond donors (Lipinski definition) is 2. The summed E-state index contributed by atoms with van der Waals surface area (Å²) >= 11 is 3.04. The first-order valence-electron chi connectivity index (χ1n) is 10.2. The van der Waals surface area contributed by atoms with E-state index in [1.807, 2.05) is 0 Å². The van der Waals surface area contributed by atoms with Crippen molar-refractivity contribution in [1.29, 1.82) is 0 Å². The van der Waals surface area contributed by atoms with Crippen molar-refractivity contribution in [2.45, 2.75) is 64.8 Å². The Morgan fingerprint density at radius 3 is 2.26 bits per heavy atom. The number of halogens is 1. The zero-order valence-corrected chi connectivity index (χ0v) is 20.6. The third-order valence-corrected chi connectivity index (χ3v) is 5.01. The van der Waals surface area contributed by atoms with Gasteiger partial charge in [0.2, 0.25) is 11.8 Å². The summed E-state index contributed by atoms with van der Waals surface area (Å²) in [7, 11) is 0. The van der Waals surface area contributed by atoms with Gasteiger partial charge >= 0.3 is 17.9 Å².